The van der Waals surface area contributed by atoms with Gasteiger partial charge in [-0.3, -0.25) is 19.4 Å². The molecule has 0 heterocycles. The summed E-state index contributed by atoms with van der Waals surface area (Å²) in [6.07, 6.45) is 0.738. The minimum atomic E-state index is -1.77. The molecule has 0 bridgehead atoms. The third kappa shape index (κ3) is 3.41. The van der Waals surface area contributed by atoms with Crippen LogP contribution < -0.4 is 5.43 Å². The normalized spacial score (nSPS) is 10.7. The Morgan fingerprint density at radius 1 is 1.11 bits per heavy atom. The summed E-state index contributed by atoms with van der Waals surface area (Å²) in [7, 11) is 0. The molecule has 7 nitrogen and oxygen atoms in total. The van der Waals surface area contributed by atoms with Gasteiger partial charge in [0.2, 0.25) is 5.43 Å². The van der Waals surface area contributed by atoms with Gasteiger partial charge in [0.1, 0.15) is 0 Å². The van der Waals surface area contributed by atoms with E-state index in [1.165, 1.54) is 12.1 Å². The summed E-state index contributed by atoms with van der Waals surface area (Å²) in [5.41, 5.74) is -0.468. The van der Waals surface area contributed by atoms with Crippen LogP contribution in [0.1, 0.15) is 0 Å². The quantitative estimate of drug-likeness (QED) is 0.520. The molecule has 1 rings (SSSR count). The maximum absolute atomic E-state index is 11.0. The Hall–Kier alpha value is -2.70. The molecule has 0 saturated heterocycles. The van der Waals surface area contributed by atoms with Crippen LogP contribution in [0.5, 0.6) is 5.75 Å². The lowest BCUT2D eigenvalue weighted by atomic mass is 10.2. The van der Waals surface area contributed by atoms with Crippen molar-refractivity contribution in [2.45, 2.75) is 0 Å². The van der Waals surface area contributed by atoms with Crippen LogP contribution in [0, 0.1) is 5.92 Å². The molecule has 7 heteroatoms. The van der Waals surface area contributed by atoms with Crippen molar-refractivity contribution < 1.29 is 24.9 Å². The molecule has 1 aromatic rings. The molecule has 0 spiro atoms. The molecule has 0 atom stereocenters. The van der Waals surface area contributed by atoms with E-state index in [9.17, 15) is 14.4 Å². The molecule has 94 valence electrons. The van der Waals surface area contributed by atoms with Crippen molar-refractivity contribution >= 4 is 23.8 Å². The first-order chi connectivity index (χ1) is 8.41. The highest BCUT2D eigenvalue weighted by molar-refractivity contribution is 6.08. The summed E-state index contributed by atoms with van der Waals surface area (Å²) in [5.74, 6) is -5.34. The van der Waals surface area contributed by atoms with Crippen LogP contribution in [0.3, 0.4) is 0 Å². The lowest BCUT2D eigenvalue weighted by Crippen LogP contribution is -2.24. The first kappa shape index (κ1) is 13.4. The zero-order chi connectivity index (χ0) is 13.7. The second kappa shape index (κ2) is 5.58. The number of aliphatic carboxylic acids is 2. The number of rotatable bonds is 4. The molecule has 0 fully saturated rings. The second-order valence-electron chi connectivity index (χ2n) is 3.27. The Kier molecular flexibility index (Phi) is 4.14. The van der Waals surface area contributed by atoms with E-state index in [0.29, 0.717) is 0 Å². The summed E-state index contributed by atoms with van der Waals surface area (Å²) in [4.78, 5) is 35.8. The maximum atomic E-state index is 11.0. The number of hydrogen-bond acceptors (Lipinski definition) is 5. The van der Waals surface area contributed by atoms with Crippen molar-refractivity contribution in [3.63, 3.8) is 0 Å². The zero-order valence-electron chi connectivity index (χ0n) is 8.98. The van der Waals surface area contributed by atoms with Gasteiger partial charge in [0.25, 0.3) is 0 Å². The van der Waals surface area contributed by atoms with Crippen LogP contribution in [-0.4, -0.2) is 33.5 Å². The van der Waals surface area contributed by atoms with Gasteiger partial charge in [0.15, 0.2) is 11.7 Å². The van der Waals surface area contributed by atoms with E-state index in [2.05, 4.69) is 4.99 Å². The Balaban J connectivity index is 3.04. The predicted octanol–water partition coefficient (Wildman–Crippen LogP) is 0.240. The number of carboxylic acids is 2. The average Bonchev–Trinajstić information content (AvgIpc) is 2.43. The molecule has 0 aliphatic carbocycles. The lowest BCUT2D eigenvalue weighted by Gasteiger charge is -1.98. The van der Waals surface area contributed by atoms with Gasteiger partial charge in [-0.15, -0.1) is 0 Å². The van der Waals surface area contributed by atoms with Gasteiger partial charge in [-0.1, -0.05) is 0 Å². The van der Waals surface area contributed by atoms with Crippen LogP contribution in [0.4, 0.5) is 5.69 Å². The number of carboxylic acid groups (broad SMARTS) is 2. The molecular formula is C11H9NO6. The highest BCUT2D eigenvalue weighted by Crippen LogP contribution is 2.11. The van der Waals surface area contributed by atoms with Gasteiger partial charge in [-0.05, 0) is 24.3 Å². The van der Waals surface area contributed by atoms with E-state index in [1.54, 1.807) is 0 Å². The fraction of sp³-hybridized carbons (Fsp3) is 0.0909. The van der Waals surface area contributed by atoms with Gasteiger partial charge in [0, 0.05) is 6.21 Å². The monoisotopic (exact) mass is 251 g/mol. The van der Waals surface area contributed by atoms with E-state index in [4.69, 9.17) is 15.3 Å². The summed E-state index contributed by atoms with van der Waals surface area (Å²) in [6, 6.07) is 4.62. The lowest BCUT2D eigenvalue weighted by molar-refractivity contribution is -0.150. The predicted molar refractivity (Wildman–Crippen MR) is 61.3 cm³/mol. The number of nitrogens with zero attached hydrogens (tertiary/aromatic N) is 1. The molecule has 0 aliphatic heterocycles. The third-order valence-corrected chi connectivity index (χ3v) is 1.97. The summed E-state index contributed by atoms with van der Waals surface area (Å²) >= 11 is 0. The number of aliphatic imine (C=N–C) groups is 1. The SMILES string of the molecule is O=C(O)C(C=Nc1ccc(O)c(=O)cc1)C(=O)O. The van der Waals surface area contributed by atoms with Crippen molar-refractivity contribution in [1.29, 1.82) is 0 Å². The smallest absolute Gasteiger partial charge is 0.323 e. The van der Waals surface area contributed by atoms with E-state index in [-0.39, 0.29) is 5.69 Å². The highest BCUT2D eigenvalue weighted by atomic mass is 16.4. The summed E-state index contributed by atoms with van der Waals surface area (Å²) < 4.78 is 0. The van der Waals surface area contributed by atoms with Crippen molar-refractivity contribution in [3.05, 3.63) is 34.5 Å². The first-order valence-electron chi connectivity index (χ1n) is 4.75. The van der Waals surface area contributed by atoms with Crippen LogP contribution in [0.15, 0.2) is 34.1 Å². The largest absolute Gasteiger partial charge is 0.504 e. The molecular weight excluding hydrogens is 242 g/mol. The standard InChI is InChI=1S/C11H9NO6/c13-8-3-1-6(2-4-9(8)14)12-5-7(10(15)16)11(17)18/h1-5,7H,(H,13,14)(H,15,16)(H,17,18). The highest BCUT2D eigenvalue weighted by Gasteiger charge is 2.23. The van der Waals surface area contributed by atoms with Gasteiger partial charge in [-0.25, -0.2) is 0 Å². The molecule has 0 aromatic heterocycles. The molecule has 1 aromatic carbocycles. The molecule has 0 saturated carbocycles. The van der Waals surface area contributed by atoms with Crippen molar-refractivity contribution in [2.75, 3.05) is 0 Å². The van der Waals surface area contributed by atoms with E-state index >= 15 is 0 Å². The molecule has 0 radical (unpaired) electrons. The van der Waals surface area contributed by atoms with Crippen LogP contribution in [-0.2, 0) is 9.59 Å². The molecule has 18 heavy (non-hydrogen) atoms. The van der Waals surface area contributed by atoms with Crippen LogP contribution in [0.25, 0.3) is 0 Å². The Morgan fingerprint density at radius 3 is 2.22 bits per heavy atom. The number of carbonyl (C=O) groups is 2. The fourth-order valence-corrected chi connectivity index (χ4v) is 1.03. The third-order valence-electron chi connectivity index (χ3n) is 1.97. The van der Waals surface area contributed by atoms with Gasteiger partial charge in [0.05, 0.1) is 5.69 Å². The Bertz CT molecular complexity index is 552. The Morgan fingerprint density at radius 2 is 1.67 bits per heavy atom. The zero-order valence-corrected chi connectivity index (χ0v) is 8.98. The minimum absolute atomic E-state index is 0.153. The number of aromatic hydroxyl groups is 1. The van der Waals surface area contributed by atoms with Crippen molar-refractivity contribution in [2.24, 2.45) is 10.9 Å². The van der Waals surface area contributed by atoms with Gasteiger partial charge >= 0.3 is 11.9 Å². The van der Waals surface area contributed by atoms with Crippen LogP contribution >= 0.6 is 0 Å². The molecule has 3 N–H and O–H groups in total. The van der Waals surface area contributed by atoms with E-state index in [0.717, 1.165) is 18.3 Å². The average molecular weight is 251 g/mol. The topological polar surface area (TPSA) is 124 Å². The molecule has 0 aliphatic rings. The van der Waals surface area contributed by atoms with E-state index < -0.39 is 29.0 Å². The maximum Gasteiger partial charge on any atom is 0.323 e. The van der Waals surface area contributed by atoms with Crippen LogP contribution in [0.2, 0.25) is 0 Å². The van der Waals surface area contributed by atoms with Crippen molar-refractivity contribution in [3.8, 4) is 5.75 Å². The van der Waals surface area contributed by atoms with Gasteiger partial charge in [-0.2, -0.15) is 0 Å². The van der Waals surface area contributed by atoms with Crippen molar-refractivity contribution in [1.82, 2.24) is 0 Å². The van der Waals surface area contributed by atoms with E-state index in [1.807, 2.05) is 0 Å². The number of hydrogen-bond donors (Lipinski definition) is 3. The summed E-state index contributed by atoms with van der Waals surface area (Å²) in [6.45, 7) is 0. The fourth-order valence-electron chi connectivity index (χ4n) is 1.03. The Labute approximate surface area is 101 Å². The summed E-state index contributed by atoms with van der Waals surface area (Å²) in [5, 5.41) is 26.3. The van der Waals surface area contributed by atoms with Gasteiger partial charge < -0.3 is 15.3 Å². The minimum Gasteiger partial charge on any atom is -0.504 e. The second-order valence-corrected chi connectivity index (χ2v) is 3.27. The molecule has 0 amide bonds. The molecule has 0 unspecified atom stereocenters. The first-order valence-corrected chi connectivity index (χ1v) is 4.75.